The minimum Gasteiger partial charge on any atom is -0.340 e. The van der Waals surface area contributed by atoms with E-state index in [0.717, 1.165) is 31.4 Å². The van der Waals surface area contributed by atoms with Gasteiger partial charge in [0.05, 0.1) is 10.9 Å². The SMILES string of the molecule is CC(C)Cn1c(=O)[nH]c(=O)c2c(C(=O)NC(c3nc(C4CC4)no3)C(C)C)cc(C3CC3)nc21. The highest BCUT2D eigenvalue weighted by Crippen LogP contribution is 2.40. The van der Waals surface area contributed by atoms with Crippen molar-refractivity contribution in [2.45, 2.75) is 77.8 Å². The van der Waals surface area contributed by atoms with Crippen LogP contribution in [0.25, 0.3) is 11.0 Å². The number of carbonyl (C=O) groups excluding carboxylic acids is 1. The molecule has 1 atom stereocenters. The minimum atomic E-state index is -0.616. The fraction of sp³-hybridized carbons (Fsp3) is 0.583. The fourth-order valence-electron chi connectivity index (χ4n) is 4.21. The summed E-state index contributed by atoms with van der Waals surface area (Å²) in [5.41, 5.74) is 0.0617. The monoisotopic (exact) mass is 466 g/mol. The number of hydrogen-bond acceptors (Lipinski definition) is 7. The van der Waals surface area contributed by atoms with Crippen molar-refractivity contribution < 1.29 is 9.32 Å². The summed E-state index contributed by atoms with van der Waals surface area (Å²) in [7, 11) is 0. The Bertz CT molecular complexity index is 1360. The molecule has 5 rings (SSSR count). The van der Waals surface area contributed by atoms with Gasteiger partial charge >= 0.3 is 5.69 Å². The molecule has 10 heteroatoms. The average Bonchev–Trinajstić information content (AvgIpc) is 3.71. The lowest BCUT2D eigenvalue weighted by Gasteiger charge is -2.20. The van der Waals surface area contributed by atoms with Crippen LogP contribution in [-0.4, -0.2) is 30.6 Å². The number of aromatic nitrogens is 5. The molecule has 180 valence electrons. The molecule has 3 aromatic heterocycles. The van der Waals surface area contributed by atoms with Crippen molar-refractivity contribution in [2.75, 3.05) is 0 Å². The van der Waals surface area contributed by atoms with Crippen molar-refractivity contribution in [1.29, 1.82) is 0 Å². The molecule has 0 spiro atoms. The van der Waals surface area contributed by atoms with Crippen molar-refractivity contribution in [1.82, 2.24) is 30.0 Å². The Morgan fingerprint density at radius 2 is 1.85 bits per heavy atom. The number of nitrogens with zero attached hydrogens (tertiary/aromatic N) is 4. The standard InChI is InChI=1S/C24H30N6O4/c1-11(2)10-30-20-17(22(32)28-24(30)33)15(9-16(25-20)13-5-6-13)21(31)26-18(12(3)4)23-27-19(29-34-23)14-7-8-14/h9,11-14,18H,5-8,10H2,1-4H3,(H,26,31)(H,28,32,33). The minimum absolute atomic E-state index is 0.0233. The Labute approximate surface area is 196 Å². The van der Waals surface area contributed by atoms with Crippen molar-refractivity contribution in [3.8, 4) is 0 Å². The van der Waals surface area contributed by atoms with Crippen LogP contribution in [0.1, 0.15) is 99.0 Å². The van der Waals surface area contributed by atoms with Gasteiger partial charge < -0.3 is 9.84 Å². The second-order valence-corrected chi connectivity index (χ2v) is 10.3. The highest BCUT2D eigenvalue weighted by atomic mass is 16.5. The molecule has 2 fully saturated rings. The second kappa shape index (κ2) is 8.48. The number of fused-ring (bicyclic) bond motifs is 1. The number of carbonyl (C=O) groups is 1. The van der Waals surface area contributed by atoms with Crippen LogP contribution in [0.2, 0.25) is 0 Å². The number of pyridine rings is 1. The summed E-state index contributed by atoms with van der Waals surface area (Å²) in [6.45, 7) is 8.26. The zero-order chi connectivity index (χ0) is 24.1. The van der Waals surface area contributed by atoms with E-state index in [4.69, 9.17) is 4.52 Å². The summed E-state index contributed by atoms with van der Waals surface area (Å²) in [4.78, 5) is 50.7. The Kier molecular flexibility index (Phi) is 5.61. The molecule has 2 aliphatic rings. The maximum absolute atomic E-state index is 13.6. The molecular formula is C24H30N6O4. The van der Waals surface area contributed by atoms with Gasteiger partial charge in [-0.05, 0) is 43.6 Å². The van der Waals surface area contributed by atoms with E-state index in [1.165, 1.54) is 4.57 Å². The fourth-order valence-corrected chi connectivity index (χ4v) is 4.21. The van der Waals surface area contributed by atoms with E-state index in [9.17, 15) is 14.4 Å². The van der Waals surface area contributed by atoms with E-state index in [2.05, 4.69) is 25.4 Å². The lowest BCUT2D eigenvalue weighted by molar-refractivity contribution is 0.0915. The van der Waals surface area contributed by atoms with Crippen molar-refractivity contribution in [2.24, 2.45) is 11.8 Å². The Morgan fingerprint density at radius 1 is 1.15 bits per heavy atom. The molecule has 10 nitrogen and oxygen atoms in total. The summed E-state index contributed by atoms with van der Waals surface area (Å²) in [6, 6.07) is 1.18. The highest BCUT2D eigenvalue weighted by Gasteiger charge is 2.33. The first kappa shape index (κ1) is 22.5. The van der Waals surface area contributed by atoms with Crippen molar-refractivity contribution >= 4 is 16.9 Å². The van der Waals surface area contributed by atoms with Crippen LogP contribution in [0.3, 0.4) is 0 Å². The molecule has 2 aliphatic carbocycles. The van der Waals surface area contributed by atoms with Crippen LogP contribution in [-0.2, 0) is 6.54 Å². The first-order chi connectivity index (χ1) is 16.2. The molecule has 3 heterocycles. The Hall–Kier alpha value is -3.30. The summed E-state index contributed by atoms with van der Waals surface area (Å²) >= 11 is 0. The van der Waals surface area contributed by atoms with Crippen LogP contribution in [0.5, 0.6) is 0 Å². The van der Waals surface area contributed by atoms with Crippen LogP contribution in [0.4, 0.5) is 0 Å². The summed E-state index contributed by atoms with van der Waals surface area (Å²) in [5.74, 6) is 1.30. The zero-order valence-corrected chi connectivity index (χ0v) is 19.9. The van der Waals surface area contributed by atoms with Crippen molar-refractivity contribution in [3.05, 3.63) is 49.9 Å². The van der Waals surface area contributed by atoms with Gasteiger partial charge in [-0.2, -0.15) is 4.98 Å². The van der Waals surface area contributed by atoms with Crippen LogP contribution in [0, 0.1) is 11.8 Å². The lowest BCUT2D eigenvalue weighted by Crippen LogP contribution is -2.36. The third-order valence-electron chi connectivity index (χ3n) is 6.38. The molecule has 0 aromatic carbocycles. The van der Waals surface area contributed by atoms with Gasteiger partial charge in [0.25, 0.3) is 11.5 Å². The predicted molar refractivity (Wildman–Crippen MR) is 125 cm³/mol. The second-order valence-electron chi connectivity index (χ2n) is 10.3. The largest absolute Gasteiger partial charge is 0.340 e. The van der Waals surface area contributed by atoms with Gasteiger partial charge in [-0.3, -0.25) is 19.1 Å². The van der Waals surface area contributed by atoms with Crippen molar-refractivity contribution in [3.63, 3.8) is 0 Å². The third-order valence-corrected chi connectivity index (χ3v) is 6.38. The molecule has 2 N–H and O–H groups in total. The Morgan fingerprint density at radius 3 is 2.47 bits per heavy atom. The van der Waals surface area contributed by atoms with Gasteiger partial charge in [-0.25, -0.2) is 9.78 Å². The van der Waals surface area contributed by atoms with Crippen LogP contribution < -0.4 is 16.6 Å². The summed E-state index contributed by atoms with van der Waals surface area (Å²) in [5, 5.41) is 7.20. The van der Waals surface area contributed by atoms with Crippen LogP contribution >= 0.6 is 0 Å². The predicted octanol–water partition coefficient (Wildman–Crippen LogP) is 3.01. The molecule has 3 aromatic rings. The first-order valence-corrected chi connectivity index (χ1v) is 12.0. The molecule has 0 saturated heterocycles. The third kappa shape index (κ3) is 4.28. The first-order valence-electron chi connectivity index (χ1n) is 12.0. The van der Waals surface area contributed by atoms with Gasteiger partial charge in [0.15, 0.2) is 11.5 Å². The number of aromatic amines is 1. The van der Waals surface area contributed by atoms with Gasteiger partial charge in [0.2, 0.25) is 5.89 Å². The lowest BCUT2D eigenvalue weighted by atomic mass is 10.0. The molecular weight excluding hydrogens is 436 g/mol. The smallest absolute Gasteiger partial charge is 0.330 e. The summed E-state index contributed by atoms with van der Waals surface area (Å²) < 4.78 is 6.95. The van der Waals surface area contributed by atoms with Crippen LogP contribution in [0.15, 0.2) is 20.2 Å². The molecule has 34 heavy (non-hydrogen) atoms. The number of H-pyrrole nitrogens is 1. The highest BCUT2D eigenvalue weighted by molar-refractivity contribution is 6.05. The van der Waals surface area contributed by atoms with E-state index in [0.29, 0.717) is 24.2 Å². The molecule has 2 saturated carbocycles. The van der Waals surface area contributed by atoms with Gasteiger partial charge in [0.1, 0.15) is 6.04 Å². The normalized spacial score (nSPS) is 17.0. The zero-order valence-electron chi connectivity index (χ0n) is 19.9. The number of amides is 1. The average molecular weight is 467 g/mol. The van der Waals surface area contributed by atoms with E-state index in [1.54, 1.807) is 6.07 Å². The maximum atomic E-state index is 13.6. The molecule has 0 bridgehead atoms. The maximum Gasteiger partial charge on any atom is 0.330 e. The van der Waals surface area contributed by atoms with E-state index in [1.807, 2.05) is 27.7 Å². The number of rotatable bonds is 8. The quantitative estimate of drug-likeness (QED) is 0.521. The van der Waals surface area contributed by atoms with Gasteiger partial charge in [0, 0.05) is 24.1 Å². The van der Waals surface area contributed by atoms with Gasteiger partial charge in [-0.1, -0.05) is 32.9 Å². The molecule has 1 amide bonds. The topological polar surface area (TPSA) is 136 Å². The molecule has 0 radical (unpaired) electrons. The Balaban J connectivity index is 1.59. The number of hydrogen-bond donors (Lipinski definition) is 2. The van der Waals surface area contributed by atoms with Gasteiger partial charge in [-0.15, -0.1) is 0 Å². The van der Waals surface area contributed by atoms with E-state index in [-0.39, 0.29) is 34.4 Å². The molecule has 0 aliphatic heterocycles. The van der Waals surface area contributed by atoms with E-state index >= 15 is 0 Å². The number of nitrogens with one attached hydrogen (secondary N) is 2. The summed E-state index contributed by atoms with van der Waals surface area (Å²) in [6.07, 6.45) is 4.03. The van der Waals surface area contributed by atoms with E-state index < -0.39 is 23.2 Å². The molecule has 1 unspecified atom stereocenters.